The van der Waals surface area contributed by atoms with E-state index in [1.54, 1.807) is 0 Å². The fraction of sp³-hybridized carbons (Fsp3) is 0.724. The fourth-order valence-corrected chi connectivity index (χ4v) is 3.65. The Morgan fingerprint density at radius 1 is 0.697 bits per heavy atom. The van der Waals surface area contributed by atoms with Crippen LogP contribution in [0, 0.1) is 0 Å². The van der Waals surface area contributed by atoms with Crippen molar-refractivity contribution in [2.75, 3.05) is 0 Å². The van der Waals surface area contributed by atoms with Crippen LogP contribution in [0.3, 0.4) is 0 Å². The summed E-state index contributed by atoms with van der Waals surface area (Å²) in [5.41, 5.74) is 0. The molecule has 0 aliphatic rings. The number of hydrogen-bond acceptors (Lipinski definition) is 3. The normalized spacial score (nSPS) is 12.8. The van der Waals surface area contributed by atoms with Crippen molar-refractivity contribution in [1.82, 2.24) is 0 Å². The Labute approximate surface area is 203 Å². The molecule has 0 fully saturated rings. The first-order valence-electron chi connectivity index (χ1n) is 13.5. The van der Waals surface area contributed by atoms with Gasteiger partial charge in [0.1, 0.15) is 6.10 Å². The van der Waals surface area contributed by atoms with Crippen LogP contribution in [0.1, 0.15) is 129 Å². The predicted molar refractivity (Wildman–Crippen MR) is 139 cm³/mol. The van der Waals surface area contributed by atoms with Gasteiger partial charge in [-0.15, -0.1) is 0 Å². The molecule has 0 radical (unpaired) electrons. The monoisotopic (exact) mass is 462 g/mol. The summed E-state index contributed by atoms with van der Waals surface area (Å²) >= 11 is 0. The van der Waals surface area contributed by atoms with E-state index in [9.17, 15) is 9.59 Å². The molecule has 0 spiro atoms. The number of ether oxygens (including phenoxy) is 1. The van der Waals surface area contributed by atoms with Gasteiger partial charge < -0.3 is 9.84 Å². The number of esters is 1. The van der Waals surface area contributed by atoms with Crippen LogP contribution in [0.5, 0.6) is 0 Å². The van der Waals surface area contributed by atoms with Gasteiger partial charge >= 0.3 is 11.9 Å². The van der Waals surface area contributed by atoms with Gasteiger partial charge in [-0.05, 0) is 64.2 Å². The molecule has 0 aromatic carbocycles. The summed E-state index contributed by atoms with van der Waals surface area (Å²) in [4.78, 5) is 22.8. The van der Waals surface area contributed by atoms with E-state index in [4.69, 9.17) is 9.84 Å². The van der Waals surface area contributed by atoms with Crippen LogP contribution in [-0.4, -0.2) is 23.1 Å². The number of carbonyl (C=O) groups is 2. The summed E-state index contributed by atoms with van der Waals surface area (Å²) in [7, 11) is 0. The number of aliphatic carboxylic acids is 1. The maximum Gasteiger partial charge on any atom is 0.306 e. The number of hydrogen-bond donors (Lipinski definition) is 1. The van der Waals surface area contributed by atoms with Crippen LogP contribution in [0.4, 0.5) is 0 Å². The molecule has 0 rings (SSSR count). The molecule has 0 aromatic heterocycles. The Morgan fingerprint density at radius 3 is 1.97 bits per heavy atom. The second kappa shape index (κ2) is 24.8. The molecule has 1 N–H and O–H groups in total. The van der Waals surface area contributed by atoms with Crippen molar-refractivity contribution in [3.05, 3.63) is 36.5 Å². The Bertz CT molecular complexity index is 548. The van der Waals surface area contributed by atoms with E-state index in [-0.39, 0.29) is 18.5 Å². The molecule has 190 valence electrons. The molecule has 4 nitrogen and oxygen atoms in total. The lowest BCUT2D eigenvalue weighted by atomic mass is 10.0. The largest absolute Gasteiger partial charge is 0.481 e. The van der Waals surface area contributed by atoms with Crippen molar-refractivity contribution >= 4 is 11.9 Å². The third-order valence-electron chi connectivity index (χ3n) is 5.63. The smallest absolute Gasteiger partial charge is 0.306 e. The standard InChI is InChI=1S/C29H50O4/c1-3-5-7-8-9-10-11-12-13-14-15-16-17-18-22-26-29(32)33-27(23-6-4-2)24-20-19-21-25-28(30)31/h5,7,9-10,12-13,27H,3-4,6,8,11,14-26H2,1-2H3,(H,30,31)/b7-5-,10-9-,13-12-. The van der Waals surface area contributed by atoms with Crippen molar-refractivity contribution in [2.45, 2.75) is 136 Å². The third kappa shape index (κ3) is 24.6. The highest BCUT2D eigenvalue weighted by Gasteiger charge is 2.14. The van der Waals surface area contributed by atoms with E-state index in [0.29, 0.717) is 12.8 Å². The van der Waals surface area contributed by atoms with E-state index < -0.39 is 5.97 Å². The van der Waals surface area contributed by atoms with Gasteiger partial charge in [-0.3, -0.25) is 9.59 Å². The molecule has 0 saturated carbocycles. The SMILES string of the molecule is CC/C=C\C/C=C\C/C=C\CCCCCCCC(=O)OC(CCCC)CCCCCC(=O)O. The lowest BCUT2D eigenvalue weighted by molar-refractivity contribution is -0.150. The minimum atomic E-state index is -0.737. The van der Waals surface area contributed by atoms with Crippen LogP contribution in [0.15, 0.2) is 36.5 Å². The molecule has 0 aliphatic heterocycles. The van der Waals surface area contributed by atoms with Gasteiger partial charge in [0.25, 0.3) is 0 Å². The van der Waals surface area contributed by atoms with E-state index in [1.165, 1.54) is 19.3 Å². The first-order chi connectivity index (χ1) is 16.1. The van der Waals surface area contributed by atoms with Gasteiger partial charge in [-0.2, -0.15) is 0 Å². The number of carboxylic acid groups (broad SMARTS) is 1. The van der Waals surface area contributed by atoms with Crippen LogP contribution in [-0.2, 0) is 14.3 Å². The highest BCUT2D eigenvalue weighted by molar-refractivity contribution is 5.69. The van der Waals surface area contributed by atoms with Crippen molar-refractivity contribution in [3.63, 3.8) is 0 Å². The molecule has 33 heavy (non-hydrogen) atoms. The molecular weight excluding hydrogens is 412 g/mol. The van der Waals surface area contributed by atoms with Gasteiger partial charge in [0.15, 0.2) is 0 Å². The second-order valence-corrected chi connectivity index (χ2v) is 8.85. The fourth-order valence-electron chi connectivity index (χ4n) is 3.65. The zero-order valence-electron chi connectivity index (χ0n) is 21.4. The van der Waals surface area contributed by atoms with Crippen molar-refractivity contribution in [1.29, 1.82) is 0 Å². The number of rotatable bonds is 23. The van der Waals surface area contributed by atoms with Crippen molar-refractivity contribution < 1.29 is 19.4 Å². The zero-order chi connectivity index (χ0) is 24.4. The van der Waals surface area contributed by atoms with Gasteiger partial charge in [0.2, 0.25) is 0 Å². The van der Waals surface area contributed by atoms with Crippen LogP contribution in [0.25, 0.3) is 0 Å². The predicted octanol–water partition coefficient (Wildman–Crippen LogP) is 8.71. The Balaban J connectivity index is 3.74. The summed E-state index contributed by atoms with van der Waals surface area (Å²) in [6.07, 6.45) is 30.4. The highest BCUT2D eigenvalue weighted by Crippen LogP contribution is 2.16. The molecule has 0 heterocycles. The number of unbranched alkanes of at least 4 members (excludes halogenated alkanes) is 8. The van der Waals surface area contributed by atoms with Crippen LogP contribution >= 0.6 is 0 Å². The van der Waals surface area contributed by atoms with Crippen molar-refractivity contribution in [2.24, 2.45) is 0 Å². The molecule has 0 aromatic rings. The Kier molecular flexibility index (Phi) is 23.4. The number of carbonyl (C=O) groups excluding carboxylic acids is 1. The van der Waals surface area contributed by atoms with E-state index in [2.05, 4.69) is 50.3 Å². The summed E-state index contributed by atoms with van der Waals surface area (Å²) in [5, 5.41) is 8.71. The van der Waals surface area contributed by atoms with Crippen LogP contribution < -0.4 is 0 Å². The lowest BCUT2D eigenvalue weighted by Gasteiger charge is -2.17. The minimum Gasteiger partial charge on any atom is -0.481 e. The van der Waals surface area contributed by atoms with Gasteiger partial charge in [-0.1, -0.05) is 88.8 Å². The Morgan fingerprint density at radius 2 is 1.27 bits per heavy atom. The molecule has 0 aliphatic carbocycles. The van der Waals surface area contributed by atoms with Crippen LogP contribution in [0.2, 0.25) is 0 Å². The third-order valence-corrected chi connectivity index (χ3v) is 5.63. The van der Waals surface area contributed by atoms with Crippen molar-refractivity contribution in [3.8, 4) is 0 Å². The maximum absolute atomic E-state index is 12.2. The summed E-state index contributed by atoms with van der Waals surface area (Å²) in [6.45, 7) is 4.30. The highest BCUT2D eigenvalue weighted by atomic mass is 16.5. The van der Waals surface area contributed by atoms with E-state index in [0.717, 1.165) is 77.0 Å². The molecular formula is C29H50O4. The zero-order valence-corrected chi connectivity index (χ0v) is 21.4. The molecule has 1 unspecified atom stereocenters. The number of allylic oxidation sites excluding steroid dienone is 6. The Hall–Kier alpha value is -1.84. The minimum absolute atomic E-state index is 0.00304. The molecule has 1 atom stereocenters. The number of carboxylic acids is 1. The van der Waals surface area contributed by atoms with E-state index >= 15 is 0 Å². The van der Waals surface area contributed by atoms with Gasteiger partial charge in [0, 0.05) is 12.8 Å². The molecule has 0 bridgehead atoms. The topological polar surface area (TPSA) is 63.6 Å². The van der Waals surface area contributed by atoms with Gasteiger partial charge in [0.05, 0.1) is 0 Å². The second-order valence-electron chi connectivity index (χ2n) is 8.85. The summed E-state index contributed by atoms with van der Waals surface area (Å²) in [6, 6.07) is 0. The quantitative estimate of drug-likeness (QED) is 0.0936. The summed E-state index contributed by atoms with van der Waals surface area (Å²) < 4.78 is 5.73. The first-order valence-corrected chi connectivity index (χ1v) is 13.5. The van der Waals surface area contributed by atoms with Gasteiger partial charge in [-0.25, -0.2) is 0 Å². The molecule has 0 amide bonds. The average molecular weight is 463 g/mol. The summed E-state index contributed by atoms with van der Waals surface area (Å²) in [5.74, 6) is -0.804. The molecule has 4 heteroatoms. The lowest BCUT2D eigenvalue weighted by Crippen LogP contribution is -2.18. The maximum atomic E-state index is 12.2. The first kappa shape index (κ1) is 31.2. The average Bonchev–Trinajstić information content (AvgIpc) is 2.79. The molecule has 0 saturated heterocycles. The van der Waals surface area contributed by atoms with E-state index in [1.807, 2.05) is 0 Å².